The van der Waals surface area contributed by atoms with Gasteiger partial charge in [-0.1, -0.05) is 18.2 Å². The second kappa shape index (κ2) is 9.52. The molecule has 4 aromatic rings. The molecular formula is C26H30N6O3. The van der Waals surface area contributed by atoms with Crippen molar-refractivity contribution in [2.24, 2.45) is 7.05 Å². The van der Waals surface area contributed by atoms with E-state index in [9.17, 15) is 9.59 Å². The third-order valence-electron chi connectivity index (χ3n) is 6.69. The van der Waals surface area contributed by atoms with Crippen molar-refractivity contribution in [1.29, 1.82) is 0 Å². The minimum atomic E-state index is -0.185. The van der Waals surface area contributed by atoms with Gasteiger partial charge in [0, 0.05) is 37.8 Å². The van der Waals surface area contributed by atoms with E-state index in [2.05, 4.69) is 33.6 Å². The standard InChI is InChI=1S/C26H30N6O3/c1-30-11-10-20(16-30)29-25(33)28-19-7-4-17(5-8-19)18-6-9-22-21(14-18)24-23(15-27-22)31(2)26(34)32(24)12-13-35-3/h4-9,14-15,20H,10-13,16H2,1-3H3,(H2,28,29,33). The summed E-state index contributed by atoms with van der Waals surface area (Å²) < 4.78 is 8.60. The normalized spacial score (nSPS) is 16.3. The Morgan fingerprint density at radius 3 is 2.63 bits per heavy atom. The summed E-state index contributed by atoms with van der Waals surface area (Å²) in [6, 6.07) is 13.8. The van der Waals surface area contributed by atoms with Crippen LogP contribution in [0.5, 0.6) is 0 Å². The highest BCUT2D eigenvalue weighted by Crippen LogP contribution is 2.29. The predicted octanol–water partition coefficient (Wildman–Crippen LogP) is 3.03. The molecule has 1 aliphatic rings. The second-order valence-electron chi connectivity index (χ2n) is 9.13. The summed E-state index contributed by atoms with van der Waals surface area (Å²) in [6.07, 6.45) is 2.71. The molecule has 0 radical (unpaired) electrons. The molecule has 9 heteroatoms. The molecule has 2 amide bonds. The monoisotopic (exact) mass is 474 g/mol. The molecule has 0 saturated carbocycles. The number of nitrogens with zero attached hydrogens (tertiary/aromatic N) is 4. The van der Waals surface area contributed by atoms with Crippen molar-refractivity contribution in [3.63, 3.8) is 0 Å². The number of methoxy groups -OCH3 is 1. The van der Waals surface area contributed by atoms with Crippen LogP contribution in [0.3, 0.4) is 0 Å². The first-order chi connectivity index (χ1) is 16.9. The van der Waals surface area contributed by atoms with E-state index in [1.165, 1.54) is 0 Å². The van der Waals surface area contributed by atoms with E-state index < -0.39 is 0 Å². The van der Waals surface area contributed by atoms with Gasteiger partial charge >= 0.3 is 11.7 Å². The van der Waals surface area contributed by atoms with E-state index in [4.69, 9.17) is 4.74 Å². The lowest BCUT2D eigenvalue weighted by Crippen LogP contribution is -2.39. The number of carbonyl (C=O) groups excluding carboxylic acids is 1. The van der Waals surface area contributed by atoms with E-state index in [0.717, 1.165) is 58.3 Å². The topological polar surface area (TPSA) is 93.4 Å². The average Bonchev–Trinajstić information content (AvgIpc) is 3.37. The molecule has 0 aliphatic carbocycles. The van der Waals surface area contributed by atoms with Gasteiger partial charge in [0.2, 0.25) is 0 Å². The molecule has 1 atom stereocenters. The Bertz CT molecular complexity index is 1440. The Balaban J connectivity index is 1.42. The highest BCUT2D eigenvalue weighted by atomic mass is 16.5. The van der Waals surface area contributed by atoms with Crippen molar-refractivity contribution in [3.8, 4) is 11.1 Å². The number of carbonyl (C=O) groups is 1. The molecule has 2 aromatic carbocycles. The summed E-state index contributed by atoms with van der Waals surface area (Å²) in [4.78, 5) is 32.0. The van der Waals surface area contributed by atoms with Crippen molar-refractivity contribution in [1.82, 2.24) is 24.3 Å². The number of imidazole rings is 1. The number of nitrogens with one attached hydrogen (secondary N) is 2. The number of urea groups is 1. The average molecular weight is 475 g/mol. The number of fused-ring (bicyclic) bond motifs is 3. The Kier molecular flexibility index (Phi) is 6.27. The number of anilines is 1. The summed E-state index contributed by atoms with van der Waals surface area (Å²) in [5.74, 6) is 0. The molecule has 1 unspecified atom stereocenters. The summed E-state index contributed by atoms with van der Waals surface area (Å²) >= 11 is 0. The van der Waals surface area contributed by atoms with Gasteiger partial charge in [0.05, 0.1) is 35.9 Å². The summed E-state index contributed by atoms with van der Waals surface area (Å²) in [7, 11) is 5.45. The predicted molar refractivity (Wildman–Crippen MR) is 138 cm³/mol. The maximum absolute atomic E-state index is 12.8. The van der Waals surface area contributed by atoms with Gasteiger partial charge in [-0.15, -0.1) is 0 Å². The molecule has 5 rings (SSSR count). The highest BCUT2D eigenvalue weighted by Gasteiger charge is 2.21. The van der Waals surface area contributed by atoms with Crippen molar-refractivity contribution >= 4 is 33.7 Å². The van der Waals surface area contributed by atoms with Gasteiger partial charge in [0.1, 0.15) is 0 Å². The summed E-state index contributed by atoms with van der Waals surface area (Å²) in [5, 5.41) is 6.86. The molecule has 1 aliphatic heterocycles. The molecule has 9 nitrogen and oxygen atoms in total. The highest BCUT2D eigenvalue weighted by molar-refractivity contribution is 6.04. The zero-order valence-corrected chi connectivity index (χ0v) is 20.2. The van der Waals surface area contributed by atoms with Gasteiger partial charge in [0.15, 0.2) is 0 Å². The number of hydrogen-bond donors (Lipinski definition) is 2. The molecule has 35 heavy (non-hydrogen) atoms. The zero-order valence-electron chi connectivity index (χ0n) is 20.2. The first-order valence-electron chi connectivity index (χ1n) is 11.8. The van der Waals surface area contributed by atoms with E-state index in [1.807, 2.05) is 36.4 Å². The Morgan fingerprint density at radius 1 is 1.14 bits per heavy atom. The van der Waals surface area contributed by atoms with Crippen LogP contribution in [0, 0.1) is 0 Å². The third-order valence-corrected chi connectivity index (χ3v) is 6.69. The molecule has 2 aromatic heterocycles. The van der Waals surface area contributed by atoms with Crippen LogP contribution in [0.15, 0.2) is 53.5 Å². The number of aryl methyl sites for hydroxylation is 1. The van der Waals surface area contributed by atoms with Crippen LogP contribution < -0.4 is 16.3 Å². The summed E-state index contributed by atoms with van der Waals surface area (Å²) in [5.41, 5.74) is 5.13. The van der Waals surface area contributed by atoms with Crippen molar-refractivity contribution in [3.05, 3.63) is 59.1 Å². The smallest absolute Gasteiger partial charge is 0.328 e. The van der Waals surface area contributed by atoms with Crippen LogP contribution in [-0.4, -0.2) is 64.9 Å². The van der Waals surface area contributed by atoms with Crippen molar-refractivity contribution in [2.75, 3.05) is 39.2 Å². The van der Waals surface area contributed by atoms with E-state index >= 15 is 0 Å². The minimum Gasteiger partial charge on any atom is -0.383 e. The molecule has 3 heterocycles. The van der Waals surface area contributed by atoms with E-state index in [-0.39, 0.29) is 17.8 Å². The van der Waals surface area contributed by atoms with Gasteiger partial charge in [0.25, 0.3) is 0 Å². The molecule has 2 N–H and O–H groups in total. The number of pyridine rings is 1. The summed E-state index contributed by atoms with van der Waals surface area (Å²) in [6.45, 7) is 2.79. The molecular weight excluding hydrogens is 444 g/mol. The molecule has 0 bridgehead atoms. The number of rotatable bonds is 6. The lowest BCUT2D eigenvalue weighted by Gasteiger charge is -2.14. The van der Waals surface area contributed by atoms with E-state index in [0.29, 0.717) is 13.2 Å². The fraction of sp³-hybridized carbons (Fsp3) is 0.346. The number of hydrogen-bond acceptors (Lipinski definition) is 5. The van der Waals surface area contributed by atoms with Crippen LogP contribution in [-0.2, 0) is 18.3 Å². The zero-order chi connectivity index (χ0) is 24.5. The molecule has 182 valence electrons. The molecule has 1 saturated heterocycles. The Hall–Kier alpha value is -3.69. The number of aromatic nitrogens is 3. The van der Waals surface area contributed by atoms with Gasteiger partial charge in [-0.3, -0.25) is 14.1 Å². The SMILES string of the molecule is COCCn1c(=O)n(C)c2cnc3ccc(-c4ccc(NC(=O)NC5CCN(C)C5)cc4)cc3c21. The number of likely N-dealkylation sites (tertiary alicyclic amines) is 1. The van der Waals surface area contributed by atoms with Crippen LogP contribution in [0.2, 0.25) is 0 Å². The lowest BCUT2D eigenvalue weighted by atomic mass is 10.0. The minimum absolute atomic E-state index is 0.0882. The Morgan fingerprint density at radius 2 is 1.91 bits per heavy atom. The van der Waals surface area contributed by atoms with Gasteiger partial charge in [-0.25, -0.2) is 9.59 Å². The van der Waals surface area contributed by atoms with Crippen LogP contribution in [0.1, 0.15) is 6.42 Å². The van der Waals surface area contributed by atoms with Gasteiger partial charge in [-0.05, 0) is 55.4 Å². The molecule has 1 fully saturated rings. The number of amides is 2. The maximum Gasteiger partial charge on any atom is 0.328 e. The molecule has 0 spiro atoms. The van der Waals surface area contributed by atoms with Crippen molar-refractivity contribution < 1.29 is 9.53 Å². The Labute approximate surface area is 203 Å². The van der Waals surface area contributed by atoms with Crippen LogP contribution >= 0.6 is 0 Å². The maximum atomic E-state index is 12.8. The third kappa shape index (κ3) is 4.52. The fourth-order valence-corrected chi connectivity index (χ4v) is 4.80. The first kappa shape index (κ1) is 23.1. The first-order valence-corrected chi connectivity index (χ1v) is 11.8. The lowest BCUT2D eigenvalue weighted by molar-refractivity contribution is 0.187. The number of ether oxygens (including phenoxy) is 1. The van der Waals surface area contributed by atoms with Crippen LogP contribution in [0.25, 0.3) is 33.1 Å². The number of likely N-dealkylation sites (N-methyl/N-ethyl adjacent to an activating group) is 1. The quantitative estimate of drug-likeness (QED) is 0.448. The van der Waals surface area contributed by atoms with Gasteiger partial charge in [-0.2, -0.15) is 0 Å². The number of benzene rings is 2. The largest absolute Gasteiger partial charge is 0.383 e. The fourth-order valence-electron chi connectivity index (χ4n) is 4.80. The van der Waals surface area contributed by atoms with E-state index in [1.54, 1.807) is 29.5 Å². The van der Waals surface area contributed by atoms with Crippen LogP contribution in [0.4, 0.5) is 10.5 Å². The van der Waals surface area contributed by atoms with Crippen molar-refractivity contribution in [2.45, 2.75) is 19.0 Å². The van der Waals surface area contributed by atoms with Gasteiger partial charge < -0.3 is 20.3 Å². The second-order valence-corrected chi connectivity index (χ2v) is 9.13.